The Morgan fingerprint density at radius 2 is 2.24 bits per heavy atom. The fourth-order valence-electron chi connectivity index (χ4n) is 1.39. The lowest BCUT2D eigenvalue weighted by Gasteiger charge is -1.95. The van der Waals surface area contributed by atoms with Gasteiger partial charge in [-0.3, -0.25) is 4.98 Å². The molecule has 0 fully saturated rings. The van der Waals surface area contributed by atoms with Crippen LogP contribution in [-0.4, -0.2) is 26.8 Å². The molecule has 2 heterocycles. The Morgan fingerprint density at radius 3 is 3.00 bits per heavy atom. The summed E-state index contributed by atoms with van der Waals surface area (Å²) in [5, 5.41) is 12.6. The van der Waals surface area contributed by atoms with E-state index in [9.17, 15) is 0 Å². The standard InChI is InChI=1S/C11H12BrN3O2/c12-8-4-3-6-13-10(8)11-14-9(17-15-11)5-1-2-7-16/h3-4,6,16H,1-2,5,7H2. The molecule has 0 unspecified atom stereocenters. The molecule has 0 amide bonds. The van der Waals surface area contributed by atoms with E-state index in [4.69, 9.17) is 9.63 Å². The van der Waals surface area contributed by atoms with Crippen molar-refractivity contribution in [2.24, 2.45) is 0 Å². The fraction of sp³-hybridized carbons (Fsp3) is 0.364. The molecule has 0 radical (unpaired) electrons. The number of rotatable bonds is 5. The average Bonchev–Trinajstić information content (AvgIpc) is 2.79. The number of pyridine rings is 1. The molecule has 2 rings (SSSR count). The molecule has 0 saturated heterocycles. The molecule has 1 N–H and O–H groups in total. The highest BCUT2D eigenvalue weighted by molar-refractivity contribution is 9.10. The van der Waals surface area contributed by atoms with Crippen molar-refractivity contribution >= 4 is 15.9 Å². The highest BCUT2D eigenvalue weighted by Crippen LogP contribution is 2.23. The molecule has 2 aromatic heterocycles. The van der Waals surface area contributed by atoms with Crippen molar-refractivity contribution in [3.63, 3.8) is 0 Å². The SMILES string of the molecule is OCCCCc1nc(-c2ncccc2Br)no1. The first-order chi connectivity index (χ1) is 8.31. The Hall–Kier alpha value is -1.27. The van der Waals surface area contributed by atoms with Crippen LogP contribution >= 0.6 is 15.9 Å². The van der Waals surface area contributed by atoms with E-state index in [-0.39, 0.29) is 6.61 Å². The van der Waals surface area contributed by atoms with Crippen LogP contribution in [0.15, 0.2) is 27.3 Å². The van der Waals surface area contributed by atoms with Crippen LogP contribution in [0.25, 0.3) is 11.5 Å². The zero-order valence-corrected chi connectivity index (χ0v) is 10.7. The van der Waals surface area contributed by atoms with Crippen LogP contribution in [0.4, 0.5) is 0 Å². The van der Waals surface area contributed by atoms with Gasteiger partial charge in [0.25, 0.3) is 0 Å². The minimum Gasteiger partial charge on any atom is -0.396 e. The van der Waals surface area contributed by atoms with Gasteiger partial charge in [-0.2, -0.15) is 4.98 Å². The molecule has 0 bridgehead atoms. The highest BCUT2D eigenvalue weighted by atomic mass is 79.9. The number of nitrogens with zero attached hydrogens (tertiary/aromatic N) is 3. The number of aryl methyl sites for hydroxylation is 1. The van der Waals surface area contributed by atoms with Crippen LogP contribution in [0.2, 0.25) is 0 Å². The Balaban J connectivity index is 2.10. The summed E-state index contributed by atoms with van der Waals surface area (Å²) in [6, 6.07) is 3.71. The number of hydrogen-bond acceptors (Lipinski definition) is 5. The summed E-state index contributed by atoms with van der Waals surface area (Å²) in [7, 11) is 0. The van der Waals surface area contributed by atoms with Crippen molar-refractivity contribution in [2.75, 3.05) is 6.61 Å². The van der Waals surface area contributed by atoms with Crippen molar-refractivity contribution in [3.8, 4) is 11.5 Å². The van der Waals surface area contributed by atoms with E-state index in [2.05, 4.69) is 31.1 Å². The number of hydrogen-bond donors (Lipinski definition) is 1. The van der Waals surface area contributed by atoms with Gasteiger partial charge >= 0.3 is 0 Å². The van der Waals surface area contributed by atoms with Gasteiger partial charge in [-0.1, -0.05) is 5.16 Å². The second-order valence-corrected chi connectivity index (χ2v) is 4.38. The molecule has 5 nitrogen and oxygen atoms in total. The van der Waals surface area contributed by atoms with Crippen molar-refractivity contribution < 1.29 is 9.63 Å². The molecule has 0 aromatic carbocycles. The average molecular weight is 298 g/mol. The molecule has 90 valence electrons. The lowest BCUT2D eigenvalue weighted by Crippen LogP contribution is -1.90. The van der Waals surface area contributed by atoms with Crippen LogP contribution in [-0.2, 0) is 6.42 Å². The first-order valence-electron chi connectivity index (χ1n) is 5.35. The van der Waals surface area contributed by atoms with Crippen LogP contribution < -0.4 is 0 Å². The number of unbranched alkanes of at least 4 members (excludes halogenated alkanes) is 1. The van der Waals surface area contributed by atoms with Gasteiger partial charge in [0.15, 0.2) is 0 Å². The molecule has 0 saturated carbocycles. The van der Waals surface area contributed by atoms with Crippen molar-refractivity contribution in [3.05, 3.63) is 28.7 Å². The molecule has 17 heavy (non-hydrogen) atoms. The number of aromatic nitrogens is 3. The quantitative estimate of drug-likeness (QED) is 0.857. The largest absolute Gasteiger partial charge is 0.396 e. The highest BCUT2D eigenvalue weighted by Gasteiger charge is 2.11. The summed E-state index contributed by atoms with van der Waals surface area (Å²) in [5.41, 5.74) is 0.671. The van der Waals surface area contributed by atoms with Crippen LogP contribution in [0.1, 0.15) is 18.7 Å². The first-order valence-corrected chi connectivity index (χ1v) is 6.15. The molecule has 6 heteroatoms. The smallest absolute Gasteiger partial charge is 0.227 e. The van der Waals surface area contributed by atoms with Gasteiger partial charge in [-0.25, -0.2) is 0 Å². The second kappa shape index (κ2) is 5.88. The zero-order valence-electron chi connectivity index (χ0n) is 9.14. The van der Waals surface area contributed by atoms with Gasteiger partial charge in [0.05, 0.1) is 0 Å². The molecule has 0 atom stereocenters. The molecule has 0 aliphatic carbocycles. The normalized spacial score (nSPS) is 10.7. The van der Waals surface area contributed by atoms with Crippen LogP contribution in [0, 0.1) is 0 Å². The van der Waals surface area contributed by atoms with E-state index in [1.165, 1.54) is 0 Å². The van der Waals surface area contributed by atoms with E-state index >= 15 is 0 Å². The third kappa shape index (κ3) is 3.10. The van der Waals surface area contributed by atoms with Gasteiger partial charge in [0, 0.05) is 23.7 Å². The third-order valence-corrected chi connectivity index (χ3v) is 2.88. The lowest BCUT2D eigenvalue weighted by atomic mass is 10.2. The van der Waals surface area contributed by atoms with Gasteiger partial charge in [0.2, 0.25) is 11.7 Å². The number of halogens is 1. The van der Waals surface area contributed by atoms with Gasteiger partial charge in [0.1, 0.15) is 5.69 Å². The molecular formula is C11H12BrN3O2. The zero-order chi connectivity index (χ0) is 12.1. The van der Waals surface area contributed by atoms with Crippen molar-refractivity contribution in [1.29, 1.82) is 0 Å². The molecule has 0 spiro atoms. The third-order valence-electron chi connectivity index (χ3n) is 2.24. The van der Waals surface area contributed by atoms with Crippen molar-refractivity contribution in [2.45, 2.75) is 19.3 Å². The summed E-state index contributed by atoms with van der Waals surface area (Å²) in [4.78, 5) is 8.45. The van der Waals surface area contributed by atoms with E-state index in [1.807, 2.05) is 12.1 Å². The molecule has 0 aliphatic heterocycles. The Bertz CT molecular complexity index is 487. The predicted octanol–water partition coefficient (Wildman–Crippen LogP) is 2.21. The van der Waals surface area contributed by atoms with E-state index in [1.54, 1.807) is 6.20 Å². The molecule has 2 aromatic rings. The maximum absolute atomic E-state index is 8.68. The maximum Gasteiger partial charge on any atom is 0.227 e. The fourth-order valence-corrected chi connectivity index (χ4v) is 1.82. The van der Waals surface area contributed by atoms with E-state index in [0.29, 0.717) is 23.8 Å². The number of aliphatic hydroxyl groups excluding tert-OH is 1. The Morgan fingerprint density at radius 1 is 1.35 bits per heavy atom. The topological polar surface area (TPSA) is 72.0 Å². The van der Waals surface area contributed by atoms with Gasteiger partial charge in [-0.05, 0) is 40.9 Å². The van der Waals surface area contributed by atoms with E-state index in [0.717, 1.165) is 17.3 Å². The Kier molecular flexibility index (Phi) is 4.22. The minimum absolute atomic E-state index is 0.187. The molecule has 0 aliphatic rings. The summed E-state index contributed by atoms with van der Waals surface area (Å²) in [6.07, 6.45) is 3.94. The predicted molar refractivity (Wildman–Crippen MR) is 65.3 cm³/mol. The lowest BCUT2D eigenvalue weighted by molar-refractivity contribution is 0.281. The van der Waals surface area contributed by atoms with Crippen LogP contribution in [0.3, 0.4) is 0 Å². The number of aliphatic hydroxyl groups is 1. The minimum atomic E-state index is 0.187. The van der Waals surface area contributed by atoms with Gasteiger partial charge in [-0.15, -0.1) is 0 Å². The summed E-state index contributed by atoms with van der Waals surface area (Å²) >= 11 is 3.39. The summed E-state index contributed by atoms with van der Waals surface area (Å²) in [5.74, 6) is 1.06. The molecular weight excluding hydrogens is 286 g/mol. The van der Waals surface area contributed by atoms with Crippen LogP contribution in [0.5, 0.6) is 0 Å². The van der Waals surface area contributed by atoms with Crippen molar-refractivity contribution in [1.82, 2.24) is 15.1 Å². The Labute approximate surface area is 107 Å². The first kappa shape index (κ1) is 12.2. The monoisotopic (exact) mass is 297 g/mol. The van der Waals surface area contributed by atoms with E-state index < -0.39 is 0 Å². The maximum atomic E-state index is 8.68. The van der Waals surface area contributed by atoms with Gasteiger partial charge < -0.3 is 9.63 Å². The summed E-state index contributed by atoms with van der Waals surface area (Å²) in [6.45, 7) is 0.187. The second-order valence-electron chi connectivity index (χ2n) is 3.53. The summed E-state index contributed by atoms with van der Waals surface area (Å²) < 4.78 is 5.95.